The Balaban J connectivity index is 2.25. The van der Waals surface area contributed by atoms with Crippen LogP contribution in [-0.2, 0) is 9.59 Å². The minimum Gasteiger partial charge on any atom is -0.383 e. The Morgan fingerprint density at radius 2 is 2.33 bits per heavy atom. The first-order valence-electron chi connectivity index (χ1n) is 3.65. The lowest BCUT2D eigenvalue weighted by atomic mass is 10.1. The number of hydrogen-bond donors (Lipinski definition) is 1. The van der Waals surface area contributed by atoms with Gasteiger partial charge < -0.3 is 5.32 Å². The molecule has 12 heavy (non-hydrogen) atoms. The molecule has 0 aliphatic carbocycles. The number of rotatable bonds is 0. The van der Waals surface area contributed by atoms with Crippen LogP contribution in [0.2, 0.25) is 0 Å². The standard InChI is InChI=1S/C8H7NO2S/c10-6-4-5-7(12-8(6)11)2-1-3-9-5/h1-3,5,9H,4H2. The minimum atomic E-state index is -0.338. The molecule has 0 saturated carbocycles. The van der Waals surface area contributed by atoms with E-state index >= 15 is 0 Å². The molecular weight excluding hydrogens is 174 g/mol. The smallest absolute Gasteiger partial charge is 0.259 e. The first-order valence-corrected chi connectivity index (χ1v) is 4.47. The molecule has 0 amide bonds. The van der Waals surface area contributed by atoms with Gasteiger partial charge in [-0.2, -0.15) is 0 Å². The van der Waals surface area contributed by atoms with Gasteiger partial charge in [-0.3, -0.25) is 9.59 Å². The molecule has 1 unspecified atom stereocenters. The van der Waals surface area contributed by atoms with Crippen molar-refractivity contribution >= 4 is 22.7 Å². The van der Waals surface area contributed by atoms with E-state index in [-0.39, 0.29) is 16.9 Å². The van der Waals surface area contributed by atoms with Crippen molar-refractivity contribution in [2.45, 2.75) is 12.5 Å². The number of nitrogens with one attached hydrogen (secondary N) is 1. The molecule has 62 valence electrons. The second-order valence-electron chi connectivity index (χ2n) is 2.66. The number of allylic oxidation sites excluding steroid dienone is 2. The third-order valence-electron chi connectivity index (χ3n) is 1.83. The van der Waals surface area contributed by atoms with Gasteiger partial charge in [0.1, 0.15) is 0 Å². The summed E-state index contributed by atoms with van der Waals surface area (Å²) in [6.07, 6.45) is 5.79. The fourth-order valence-electron chi connectivity index (χ4n) is 1.21. The first-order chi connectivity index (χ1) is 5.77. The molecule has 0 aromatic carbocycles. The van der Waals surface area contributed by atoms with E-state index < -0.39 is 0 Å². The van der Waals surface area contributed by atoms with Crippen molar-refractivity contribution in [3.8, 4) is 0 Å². The van der Waals surface area contributed by atoms with Gasteiger partial charge in [0.2, 0.25) is 5.78 Å². The van der Waals surface area contributed by atoms with Gasteiger partial charge in [0.05, 0.1) is 6.04 Å². The van der Waals surface area contributed by atoms with Crippen molar-refractivity contribution in [1.82, 2.24) is 5.32 Å². The molecule has 0 radical (unpaired) electrons. The maximum atomic E-state index is 11.0. The molecule has 3 nitrogen and oxygen atoms in total. The molecule has 1 atom stereocenters. The molecule has 1 fully saturated rings. The van der Waals surface area contributed by atoms with Crippen molar-refractivity contribution in [1.29, 1.82) is 0 Å². The molecule has 0 aromatic rings. The summed E-state index contributed by atoms with van der Waals surface area (Å²) >= 11 is 1.04. The van der Waals surface area contributed by atoms with Crippen molar-refractivity contribution in [3.05, 3.63) is 23.3 Å². The molecule has 2 aliphatic rings. The van der Waals surface area contributed by atoms with Crippen molar-refractivity contribution in [2.75, 3.05) is 0 Å². The Hall–Kier alpha value is -1.03. The van der Waals surface area contributed by atoms with Gasteiger partial charge in [-0.05, 0) is 30.1 Å². The highest BCUT2D eigenvalue weighted by Gasteiger charge is 2.31. The van der Waals surface area contributed by atoms with Crippen LogP contribution in [0.3, 0.4) is 0 Å². The van der Waals surface area contributed by atoms with Gasteiger partial charge in [0, 0.05) is 11.3 Å². The normalized spacial score (nSPS) is 27.7. The predicted octanol–water partition coefficient (Wildman–Crippen LogP) is 0.588. The Labute approximate surface area is 73.9 Å². The van der Waals surface area contributed by atoms with E-state index in [1.807, 2.05) is 12.2 Å². The van der Waals surface area contributed by atoms with E-state index in [2.05, 4.69) is 5.32 Å². The number of thioether (sulfide) groups is 1. The molecule has 1 N–H and O–H groups in total. The summed E-state index contributed by atoms with van der Waals surface area (Å²) in [5.74, 6) is -0.287. The predicted molar refractivity (Wildman–Crippen MR) is 46.4 cm³/mol. The summed E-state index contributed by atoms with van der Waals surface area (Å²) in [5.41, 5.74) is 0. The Morgan fingerprint density at radius 3 is 3.17 bits per heavy atom. The second-order valence-corrected chi connectivity index (χ2v) is 3.71. The van der Waals surface area contributed by atoms with E-state index in [0.717, 1.165) is 16.7 Å². The maximum Gasteiger partial charge on any atom is 0.259 e. The Morgan fingerprint density at radius 1 is 1.50 bits per heavy atom. The van der Waals surface area contributed by atoms with E-state index in [4.69, 9.17) is 0 Å². The zero-order valence-electron chi connectivity index (χ0n) is 6.24. The second kappa shape index (κ2) is 2.79. The summed E-state index contributed by atoms with van der Waals surface area (Å²) in [4.78, 5) is 22.9. The first kappa shape index (κ1) is 7.61. The van der Waals surface area contributed by atoms with Crippen molar-refractivity contribution in [3.63, 3.8) is 0 Å². The number of dihydropyridines is 1. The summed E-state index contributed by atoms with van der Waals surface area (Å²) in [5, 5.41) is 2.69. The topological polar surface area (TPSA) is 46.2 Å². The third-order valence-corrected chi connectivity index (χ3v) is 2.89. The van der Waals surface area contributed by atoms with Crippen LogP contribution in [0.15, 0.2) is 23.3 Å². The number of fused-ring (bicyclic) bond motifs is 1. The zero-order valence-corrected chi connectivity index (χ0v) is 7.06. The summed E-state index contributed by atoms with van der Waals surface area (Å²) in [6.45, 7) is 0. The van der Waals surface area contributed by atoms with E-state index in [0.29, 0.717) is 6.42 Å². The van der Waals surface area contributed by atoms with Gasteiger partial charge in [-0.25, -0.2) is 0 Å². The molecule has 1 saturated heterocycles. The number of Topliss-reactive ketones (excluding diaryl/α,β-unsaturated/α-hetero) is 1. The molecule has 2 heterocycles. The van der Waals surface area contributed by atoms with Crippen LogP contribution in [0.4, 0.5) is 0 Å². The highest BCUT2D eigenvalue weighted by Crippen LogP contribution is 2.30. The lowest BCUT2D eigenvalue weighted by molar-refractivity contribution is -0.132. The van der Waals surface area contributed by atoms with Gasteiger partial charge in [-0.1, -0.05) is 0 Å². The SMILES string of the molecule is O=C1CC2NC=CC=C2SC1=O. The van der Waals surface area contributed by atoms with E-state index in [1.54, 1.807) is 6.20 Å². The van der Waals surface area contributed by atoms with Gasteiger partial charge in [-0.15, -0.1) is 0 Å². The van der Waals surface area contributed by atoms with Gasteiger partial charge >= 0.3 is 0 Å². The summed E-state index contributed by atoms with van der Waals surface area (Å²) < 4.78 is 0. The van der Waals surface area contributed by atoms with Crippen molar-refractivity contribution in [2.24, 2.45) is 0 Å². The monoisotopic (exact) mass is 181 g/mol. The fourth-order valence-corrected chi connectivity index (χ4v) is 2.06. The fraction of sp³-hybridized carbons (Fsp3) is 0.250. The molecule has 0 spiro atoms. The van der Waals surface area contributed by atoms with Crippen LogP contribution >= 0.6 is 11.8 Å². The van der Waals surface area contributed by atoms with Crippen LogP contribution in [-0.4, -0.2) is 16.9 Å². The highest BCUT2D eigenvalue weighted by atomic mass is 32.2. The number of carbonyl (C=O) groups excluding carboxylic acids is 2. The summed E-state index contributed by atoms with van der Waals surface area (Å²) in [6, 6.07) is 0.0326. The van der Waals surface area contributed by atoms with Crippen LogP contribution in [0, 0.1) is 0 Å². The van der Waals surface area contributed by atoms with Gasteiger partial charge in [0.25, 0.3) is 5.12 Å². The number of ketones is 1. The average molecular weight is 181 g/mol. The van der Waals surface area contributed by atoms with Gasteiger partial charge in [0.15, 0.2) is 0 Å². The van der Waals surface area contributed by atoms with Crippen molar-refractivity contribution < 1.29 is 9.59 Å². The van der Waals surface area contributed by atoms with E-state index in [9.17, 15) is 9.59 Å². The highest BCUT2D eigenvalue weighted by molar-refractivity contribution is 8.18. The maximum absolute atomic E-state index is 11.0. The average Bonchev–Trinajstić information content (AvgIpc) is 2.07. The van der Waals surface area contributed by atoms with Crippen LogP contribution in [0.5, 0.6) is 0 Å². The molecule has 2 rings (SSSR count). The van der Waals surface area contributed by atoms with E-state index in [1.165, 1.54) is 0 Å². The van der Waals surface area contributed by atoms with Crippen LogP contribution in [0.1, 0.15) is 6.42 Å². The largest absolute Gasteiger partial charge is 0.383 e. The molecule has 0 bridgehead atoms. The molecular formula is C8H7NO2S. The molecule has 4 heteroatoms. The lowest BCUT2D eigenvalue weighted by Gasteiger charge is -2.24. The molecule has 2 aliphatic heterocycles. The number of carbonyl (C=O) groups is 2. The lowest BCUT2D eigenvalue weighted by Crippen LogP contribution is -2.36. The zero-order chi connectivity index (χ0) is 8.55. The van der Waals surface area contributed by atoms with Crippen LogP contribution in [0.25, 0.3) is 0 Å². The van der Waals surface area contributed by atoms with Crippen LogP contribution < -0.4 is 5.32 Å². The molecule has 0 aromatic heterocycles. The Bertz CT molecular complexity index is 306. The Kier molecular flexibility index (Phi) is 1.77. The number of hydrogen-bond acceptors (Lipinski definition) is 4. The minimum absolute atomic E-state index is 0.0326. The quantitative estimate of drug-likeness (QED) is 0.555. The third kappa shape index (κ3) is 1.18. The summed E-state index contributed by atoms with van der Waals surface area (Å²) in [7, 11) is 0.